The monoisotopic (exact) mass is 426 g/mol. The maximum atomic E-state index is 12.6. The largest absolute Gasteiger partial charge is 0.433 e. The molecule has 0 aromatic carbocycles. The van der Waals surface area contributed by atoms with Crippen LogP contribution in [0.15, 0.2) is 18.3 Å². The number of hydrogen-bond acceptors (Lipinski definition) is 4. The highest BCUT2D eigenvalue weighted by molar-refractivity contribution is 5.93. The molecule has 6 nitrogen and oxygen atoms in total. The van der Waals surface area contributed by atoms with Crippen molar-refractivity contribution in [3.05, 3.63) is 29.6 Å². The second-order valence-corrected chi connectivity index (χ2v) is 9.33. The Morgan fingerprint density at radius 2 is 1.77 bits per heavy atom. The molecule has 3 rings (SSSR count). The maximum absolute atomic E-state index is 12.6. The molecule has 1 aromatic heterocycles. The molecule has 9 heteroatoms. The summed E-state index contributed by atoms with van der Waals surface area (Å²) in [6.07, 6.45) is 0.307. The van der Waals surface area contributed by atoms with Crippen LogP contribution in [0.25, 0.3) is 0 Å². The SMILES string of the molecule is CC(C)(C)NC(=O)CN1[C@@H]2CC[C@H]1C[C@H](CNC(=O)c1ccc(C(F)(F)F)nc1)C2. The number of rotatable bonds is 5. The fourth-order valence-corrected chi connectivity index (χ4v) is 4.47. The molecule has 2 saturated heterocycles. The van der Waals surface area contributed by atoms with Gasteiger partial charge in [-0.3, -0.25) is 19.5 Å². The summed E-state index contributed by atoms with van der Waals surface area (Å²) in [5, 5.41) is 5.83. The zero-order chi connectivity index (χ0) is 22.1. The third kappa shape index (κ3) is 5.71. The van der Waals surface area contributed by atoms with Crippen LogP contribution in [0.1, 0.15) is 62.5 Å². The number of halogens is 3. The van der Waals surface area contributed by atoms with Gasteiger partial charge in [0.1, 0.15) is 5.69 Å². The molecule has 166 valence electrons. The van der Waals surface area contributed by atoms with Crippen molar-refractivity contribution >= 4 is 11.8 Å². The highest BCUT2D eigenvalue weighted by atomic mass is 19.4. The first kappa shape index (κ1) is 22.5. The van der Waals surface area contributed by atoms with E-state index in [1.54, 1.807) is 0 Å². The van der Waals surface area contributed by atoms with E-state index in [0.29, 0.717) is 25.2 Å². The molecule has 30 heavy (non-hydrogen) atoms. The lowest BCUT2D eigenvalue weighted by molar-refractivity contribution is -0.141. The molecular formula is C21H29F3N4O2. The molecule has 0 saturated carbocycles. The van der Waals surface area contributed by atoms with Gasteiger partial charge in [-0.25, -0.2) is 0 Å². The van der Waals surface area contributed by atoms with Crippen LogP contribution in [0.3, 0.4) is 0 Å². The van der Waals surface area contributed by atoms with Crippen molar-refractivity contribution in [2.24, 2.45) is 5.92 Å². The molecule has 3 heterocycles. The summed E-state index contributed by atoms with van der Waals surface area (Å²) < 4.78 is 37.8. The first-order valence-electron chi connectivity index (χ1n) is 10.3. The maximum Gasteiger partial charge on any atom is 0.433 e. The Bertz CT molecular complexity index is 760. The highest BCUT2D eigenvalue weighted by Gasteiger charge is 2.41. The molecular weight excluding hydrogens is 397 g/mol. The standard InChI is InChI=1S/C21H29F3N4O2/c1-20(2,3)27-18(29)12-28-15-5-6-16(28)9-13(8-15)10-26-19(30)14-4-7-17(25-11-14)21(22,23)24/h4,7,11,13,15-16H,5-6,8-10,12H2,1-3H3,(H,26,30)(H,27,29)/t13-,15-,16+. The van der Waals surface area contributed by atoms with E-state index in [2.05, 4.69) is 20.5 Å². The number of piperidine rings is 1. The van der Waals surface area contributed by atoms with Crippen LogP contribution in [0.5, 0.6) is 0 Å². The summed E-state index contributed by atoms with van der Waals surface area (Å²) in [5.41, 5.74) is -1.16. The minimum Gasteiger partial charge on any atom is -0.352 e. The van der Waals surface area contributed by atoms with Gasteiger partial charge in [-0.1, -0.05) is 0 Å². The summed E-state index contributed by atoms with van der Waals surface area (Å²) >= 11 is 0. The van der Waals surface area contributed by atoms with Gasteiger partial charge in [0.05, 0.1) is 12.1 Å². The number of amides is 2. The number of nitrogens with zero attached hydrogens (tertiary/aromatic N) is 2. The van der Waals surface area contributed by atoms with Crippen molar-refractivity contribution in [2.75, 3.05) is 13.1 Å². The van der Waals surface area contributed by atoms with Crippen LogP contribution in [0.4, 0.5) is 13.2 Å². The predicted molar refractivity (Wildman–Crippen MR) is 106 cm³/mol. The van der Waals surface area contributed by atoms with Crippen molar-refractivity contribution in [1.82, 2.24) is 20.5 Å². The number of alkyl halides is 3. The van der Waals surface area contributed by atoms with Gasteiger partial charge in [0.15, 0.2) is 0 Å². The predicted octanol–water partition coefficient (Wildman–Crippen LogP) is 2.99. The van der Waals surface area contributed by atoms with Gasteiger partial charge in [-0.15, -0.1) is 0 Å². The Balaban J connectivity index is 1.49. The van der Waals surface area contributed by atoms with E-state index in [9.17, 15) is 22.8 Å². The fourth-order valence-electron chi connectivity index (χ4n) is 4.47. The molecule has 0 unspecified atom stereocenters. The van der Waals surface area contributed by atoms with Crippen molar-refractivity contribution in [2.45, 2.75) is 70.3 Å². The van der Waals surface area contributed by atoms with Crippen LogP contribution in [0.2, 0.25) is 0 Å². The van der Waals surface area contributed by atoms with Gasteiger partial charge in [-0.2, -0.15) is 13.2 Å². The summed E-state index contributed by atoms with van der Waals surface area (Å²) in [4.78, 5) is 30.2. The lowest BCUT2D eigenvalue weighted by atomic mass is 9.90. The molecule has 2 amide bonds. The van der Waals surface area contributed by atoms with Gasteiger partial charge >= 0.3 is 6.18 Å². The van der Waals surface area contributed by atoms with Crippen molar-refractivity contribution in [1.29, 1.82) is 0 Å². The zero-order valence-corrected chi connectivity index (χ0v) is 17.6. The van der Waals surface area contributed by atoms with Crippen molar-refractivity contribution in [3.63, 3.8) is 0 Å². The van der Waals surface area contributed by atoms with Gasteiger partial charge in [-0.05, 0) is 64.5 Å². The van der Waals surface area contributed by atoms with E-state index in [1.165, 1.54) is 0 Å². The molecule has 2 fully saturated rings. The second kappa shape index (κ2) is 8.53. The number of carbonyl (C=O) groups is 2. The average molecular weight is 426 g/mol. The molecule has 2 bridgehead atoms. The van der Waals surface area contributed by atoms with E-state index < -0.39 is 17.8 Å². The Morgan fingerprint density at radius 1 is 1.13 bits per heavy atom. The second-order valence-electron chi connectivity index (χ2n) is 9.33. The van der Waals surface area contributed by atoms with Crippen LogP contribution in [-0.2, 0) is 11.0 Å². The van der Waals surface area contributed by atoms with Gasteiger partial charge in [0.25, 0.3) is 5.91 Å². The Hall–Kier alpha value is -2.16. The number of fused-ring (bicyclic) bond motifs is 2. The Morgan fingerprint density at radius 3 is 2.27 bits per heavy atom. The topological polar surface area (TPSA) is 74.3 Å². The summed E-state index contributed by atoms with van der Waals surface area (Å²) in [7, 11) is 0. The van der Waals surface area contributed by atoms with Crippen LogP contribution in [0, 0.1) is 5.92 Å². The van der Waals surface area contributed by atoms with E-state index in [-0.39, 0.29) is 22.9 Å². The third-order valence-corrected chi connectivity index (χ3v) is 5.69. The van der Waals surface area contributed by atoms with E-state index in [0.717, 1.165) is 44.0 Å². The molecule has 0 spiro atoms. The van der Waals surface area contributed by atoms with E-state index >= 15 is 0 Å². The van der Waals surface area contributed by atoms with Crippen LogP contribution < -0.4 is 10.6 Å². The molecule has 1 aromatic rings. The zero-order valence-electron chi connectivity index (χ0n) is 17.6. The number of nitrogens with one attached hydrogen (secondary N) is 2. The van der Waals surface area contributed by atoms with E-state index in [1.807, 2.05) is 20.8 Å². The Labute approximate surface area is 174 Å². The summed E-state index contributed by atoms with van der Waals surface area (Å²) in [6.45, 7) is 6.74. The van der Waals surface area contributed by atoms with Gasteiger partial charge in [0.2, 0.25) is 5.91 Å². The molecule has 0 radical (unpaired) electrons. The lowest BCUT2D eigenvalue weighted by Gasteiger charge is -2.39. The summed E-state index contributed by atoms with van der Waals surface area (Å²) in [6, 6.07) is 2.61. The van der Waals surface area contributed by atoms with Crippen molar-refractivity contribution in [3.8, 4) is 0 Å². The number of carbonyl (C=O) groups excluding carboxylic acids is 2. The van der Waals surface area contributed by atoms with Crippen LogP contribution in [-0.4, -0.2) is 52.4 Å². The quantitative estimate of drug-likeness (QED) is 0.759. The fraction of sp³-hybridized carbons (Fsp3) is 0.667. The number of pyridine rings is 1. The first-order valence-corrected chi connectivity index (χ1v) is 10.3. The number of hydrogen-bond donors (Lipinski definition) is 2. The normalized spacial score (nSPS) is 24.5. The minimum atomic E-state index is -4.52. The van der Waals surface area contributed by atoms with E-state index in [4.69, 9.17) is 0 Å². The molecule has 2 N–H and O–H groups in total. The smallest absolute Gasteiger partial charge is 0.352 e. The highest BCUT2D eigenvalue weighted by Crippen LogP contribution is 2.38. The molecule has 3 atom stereocenters. The Kier molecular flexibility index (Phi) is 6.40. The minimum absolute atomic E-state index is 0.0287. The number of aromatic nitrogens is 1. The first-order chi connectivity index (χ1) is 13.9. The third-order valence-electron chi connectivity index (χ3n) is 5.69. The lowest BCUT2D eigenvalue weighted by Crippen LogP contribution is -2.52. The van der Waals surface area contributed by atoms with Gasteiger partial charge < -0.3 is 10.6 Å². The molecule has 0 aliphatic carbocycles. The summed E-state index contributed by atoms with van der Waals surface area (Å²) in [5.74, 6) is -0.104. The molecule has 2 aliphatic rings. The van der Waals surface area contributed by atoms with Gasteiger partial charge in [0, 0.05) is 30.4 Å². The van der Waals surface area contributed by atoms with Crippen LogP contribution >= 0.6 is 0 Å². The average Bonchev–Trinajstić information content (AvgIpc) is 2.86. The molecule has 2 aliphatic heterocycles. The van der Waals surface area contributed by atoms with Crippen molar-refractivity contribution < 1.29 is 22.8 Å².